The fraction of sp³-hybridized carbons (Fsp3) is 0.257. The van der Waals surface area contributed by atoms with Crippen molar-refractivity contribution in [2.24, 2.45) is 0 Å². The van der Waals surface area contributed by atoms with Crippen LogP contribution in [0.2, 0.25) is 0 Å². The van der Waals surface area contributed by atoms with Gasteiger partial charge in [-0.2, -0.15) is 0 Å². The van der Waals surface area contributed by atoms with Crippen molar-refractivity contribution < 1.29 is 27.5 Å². The number of sulfonamides is 1. The molecule has 0 radical (unpaired) electrons. The number of hydrogen-bond donors (Lipinski definition) is 1. The number of methoxy groups -OCH3 is 1. The molecule has 1 aliphatic heterocycles. The van der Waals surface area contributed by atoms with Crippen molar-refractivity contribution in [1.82, 2.24) is 9.80 Å². The van der Waals surface area contributed by atoms with E-state index in [2.05, 4.69) is 4.72 Å². The summed E-state index contributed by atoms with van der Waals surface area (Å²) in [4.78, 5) is 28.9. The molecule has 1 saturated heterocycles. The van der Waals surface area contributed by atoms with Crippen molar-refractivity contribution in [3.8, 4) is 22.6 Å². The lowest BCUT2D eigenvalue weighted by molar-refractivity contribution is 0.0770. The maximum absolute atomic E-state index is 13.7. The maximum atomic E-state index is 13.7. The van der Waals surface area contributed by atoms with Crippen LogP contribution in [0.4, 0.5) is 5.69 Å². The van der Waals surface area contributed by atoms with Crippen molar-refractivity contribution >= 4 is 27.5 Å². The molecule has 1 aliphatic rings. The number of amides is 2. The summed E-state index contributed by atoms with van der Waals surface area (Å²) in [6.07, 6.45) is 0.440. The van der Waals surface area contributed by atoms with Gasteiger partial charge < -0.3 is 19.3 Å². The molecule has 0 spiro atoms. The van der Waals surface area contributed by atoms with Crippen LogP contribution in [0, 0.1) is 13.8 Å². The SMILES string of the molecule is COc1ccc(-c2cccc(C(=O)N(C)C)c2)cc1S(=O)(=O)Nc1cccc(O[C@H]2CCN(C(=O)c3cc(C)ccc3C)C2)c1. The van der Waals surface area contributed by atoms with E-state index >= 15 is 0 Å². The van der Waals surface area contributed by atoms with Gasteiger partial charge in [-0.25, -0.2) is 8.42 Å². The molecular formula is C35H37N3O6S. The lowest BCUT2D eigenvalue weighted by Crippen LogP contribution is -2.31. The van der Waals surface area contributed by atoms with Gasteiger partial charge in [0, 0.05) is 44.3 Å². The van der Waals surface area contributed by atoms with E-state index in [9.17, 15) is 18.0 Å². The number of hydrogen-bond acceptors (Lipinski definition) is 6. The summed E-state index contributed by atoms with van der Waals surface area (Å²) >= 11 is 0. The number of carbonyl (C=O) groups excluding carboxylic acids is 2. The zero-order chi connectivity index (χ0) is 32.3. The van der Waals surface area contributed by atoms with Crippen LogP contribution in [0.15, 0.2) is 89.8 Å². The van der Waals surface area contributed by atoms with Crippen LogP contribution in [-0.2, 0) is 10.0 Å². The molecule has 0 aromatic heterocycles. The number of nitrogens with zero attached hydrogens (tertiary/aromatic N) is 2. The van der Waals surface area contributed by atoms with E-state index in [0.717, 1.165) is 11.1 Å². The molecule has 4 aromatic carbocycles. The highest BCUT2D eigenvalue weighted by Gasteiger charge is 2.29. The Bertz CT molecular complexity index is 1850. The van der Waals surface area contributed by atoms with Gasteiger partial charge in [0.25, 0.3) is 21.8 Å². The Morgan fingerprint density at radius 1 is 0.911 bits per heavy atom. The average Bonchev–Trinajstić information content (AvgIpc) is 3.49. The molecule has 45 heavy (non-hydrogen) atoms. The summed E-state index contributed by atoms with van der Waals surface area (Å²) in [5, 5.41) is 0. The molecule has 1 N–H and O–H groups in total. The molecule has 0 unspecified atom stereocenters. The molecule has 1 atom stereocenters. The second kappa shape index (κ2) is 13.0. The van der Waals surface area contributed by atoms with E-state index < -0.39 is 10.0 Å². The Morgan fingerprint density at radius 3 is 2.42 bits per heavy atom. The van der Waals surface area contributed by atoms with Crippen LogP contribution in [0.5, 0.6) is 11.5 Å². The summed E-state index contributed by atoms with van der Waals surface area (Å²) in [6, 6.07) is 24.5. The first-order chi connectivity index (χ1) is 21.4. The van der Waals surface area contributed by atoms with Crippen molar-refractivity contribution in [2.45, 2.75) is 31.3 Å². The minimum absolute atomic E-state index is 0.0176. The van der Waals surface area contributed by atoms with Gasteiger partial charge in [0.1, 0.15) is 22.5 Å². The first-order valence-electron chi connectivity index (χ1n) is 14.6. The molecule has 234 valence electrons. The first kappa shape index (κ1) is 31.6. The van der Waals surface area contributed by atoms with Gasteiger partial charge >= 0.3 is 0 Å². The number of anilines is 1. The first-order valence-corrected chi connectivity index (χ1v) is 16.1. The number of ether oxygens (including phenoxy) is 2. The van der Waals surface area contributed by atoms with Crippen molar-refractivity contribution in [3.63, 3.8) is 0 Å². The highest BCUT2D eigenvalue weighted by atomic mass is 32.2. The highest BCUT2D eigenvalue weighted by Crippen LogP contribution is 2.32. The van der Waals surface area contributed by atoms with E-state index in [1.54, 1.807) is 73.6 Å². The summed E-state index contributed by atoms with van der Waals surface area (Å²) in [5.74, 6) is 0.499. The Hall–Kier alpha value is -4.83. The fourth-order valence-corrected chi connectivity index (χ4v) is 6.58. The van der Waals surface area contributed by atoms with Crippen LogP contribution in [0.25, 0.3) is 11.1 Å². The van der Waals surface area contributed by atoms with Crippen LogP contribution in [0.3, 0.4) is 0 Å². The van der Waals surface area contributed by atoms with Crippen molar-refractivity contribution in [2.75, 3.05) is 39.0 Å². The zero-order valence-corrected chi connectivity index (χ0v) is 26.9. The van der Waals surface area contributed by atoms with Crippen LogP contribution < -0.4 is 14.2 Å². The third-order valence-corrected chi connectivity index (χ3v) is 9.15. The van der Waals surface area contributed by atoms with Gasteiger partial charge in [-0.1, -0.05) is 42.0 Å². The van der Waals surface area contributed by atoms with Gasteiger partial charge in [-0.3, -0.25) is 14.3 Å². The van der Waals surface area contributed by atoms with Crippen LogP contribution in [-0.4, -0.2) is 70.4 Å². The lowest BCUT2D eigenvalue weighted by Gasteiger charge is -2.19. The van der Waals surface area contributed by atoms with Gasteiger partial charge in [0.2, 0.25) is 0 Å². The number of likely N-dealkylation sites (tertiary alicyclic amines) is 1. The molecule has 1 heterocycles. The summed E-state index contributed by atoms with van der Waals surface area (Å²) in [7, 11) is 0.676. The Kier molecular flexibility index (Phi) is 9.15. The van der Waals surface area contributed by atoms with Gasteiger partial charge in [-0.05, 0) is 73.0 Å². The third-order valence-electron chi connectivity index (χ3n) is 7.75. The highest BCUT2D eigenvalue weighted by molar-refractivity contribution is 7.92. The van der Waals surface area contributed by atoms with Crippen LogP contribution in [0.1, 0.15) is 38.3 Å². The maximum Gasteiger partial charge on any atom is 0.265 e. The smallest absolute Gasteiger partial charge is 0.265 e. The Balaban J connectivity index is 1.32. The molecule has 2 amide bonds. The number of rotatable bonds is 9. The van der Waals surface area contributed by atoms with E-state index in [1.807, 2.05) is 38.1 Å². The molecule has 5 rings (SSSR count). The lowest BCUT2D eigenvalue weighted by atomic mass is 10.0. The topological polar surface area (TPSA) is 105 Å². The monoisotopic (exact) mass is 627 g/mol. The second-order valence-electron chi connectivity index (χ2n) is 11.4. The minimum atomic E-state index is -4.09. The fourth-order valence-electron chi connectivity index (χ4n) is 5.34. The number of benzene rings is 4. The van der Waals surface area contributed by atoms with Gasteiger partial charge in [0.15, 0.2) is 0 Å². The third kappa shape index (κ3) is 7.12. The number of nitrogens with one attached hydrogen (secondary N) is 1. The van der Waals surface area contributed by atoms with E-state index in [1.165, 1.54) is 18.1 Å². The molecule has 9 nitrogen and oxygen atoms in total. The van der Waals surface area contributed by atoms with Crippen molar-refractivity contribution in [3.05, 3.63) is 107 Å². The average molecular weight is 628 g/mol. The standard InChI is InChI=1S/C35H37N3O6S/c1-23-12-13-24(2)31(18-23)35(40)38-17-16-30(22-38)44-29-11-7-10-28(21-29)36-45(41,42)33-20-26(14-15-32(33)43-5)25-8-6-9-27(19-25)34(39)37(3)4/h6-15,18-21,30,36H,16-17,22H2,1-5H3/t30-/m0/s1. The normalized spacial score (nSPS) is 14.6. The predicted octanol–water partition coefficient (Wildman–Crippen LogP) is 5.78. The molecule has 0 aliphatic carbocycles. The Labute approximate surface area is 264 Å². The van der Waals surface area contributed by atoms with E-state index in [-0.39, 0.29) is 28.6 Å². The van der Waals surface area contributed by atoms with Crippen molar-refractivity contribution in [1.29, 1.82) is 0 Å². The van der Waals surface area contributed by atoms with Gasteiger partial charge in [0.05, 0.1) is 19.3 Å². The number of aryl methyl sites for hydroxylation is 2. The predicted molar refractivity (Wildman–Crippen MR) is 175 cm³/mol. The molecular weight excluding hydrogens is 590 g/mol. The minimum Gasteiger partial charge on any atom is -0.495 e. The van der Waals surface area contributed by atoms with Gasteiger partial charge in [-0.15, -0.1) is 0 Å². The quantitative estimate of drug-likeness (QED) is 0.253. The molecule has 0 saturated carbocycles. The zero-order valence-electron chi connectivity index (χ0n) is 26.0. The van der Waals surface area contributed by atoms with E-state index in [0.29, 0.717) is 53.2 Å². The molecule has 4 aromatic rings. The molecule has 0 bridgehead atoms. The largest absolute Gasteiger partial charge is 0.495 e. The van der Waals surface area contributed by atoms with Crippen LogP contribution >= 0.6 is 0 Å². The Morgan fingerprint density at radius 2 is 1.67 bits per heavy atom. The second-order valence-corrected chi connectivity index (χ2v) is 13.0. The van der Waals surface area contributed by atoms with E-state index in [4.69, 9.17) is 9.47 Å². The molecule has 1 fully saturated rings. The summed E-state index contributed by atoms with van der Waals surface area (Å²) in [6.45, 7) is 4.91. The summed E-state index contributed by atoms with van der Waals surface area (Å²) in [5.41, 5.74) is 4.78. The number of carbonyl (C=O) groups is 2. The molecule has 10 heteroatoms. The summed E-state index contributed by atoms with van der Waals surface area (Å²) < 4.78 is 41.5.